The summed E-state index contributed by atoms with van der Waals surface area (Å²) in [6, 6.07) is 3.88. The molecule has 0 aliphatic carbocycles. The fourth-order valence-electron chi connectivity index (χ4n) is 1.88. The zero-order chi connectivity index (χ0) is 15.6. The highest BCUT2D eigenvalue weighted by molar-refractivity contribution is 6.29. The molecule has 0 aromatic heterocycles. The fourth-order valence-corrected chi connectivity index (χ4v) is 1.88. The average molecular weight is 289 g/mol. The number of hydrogen-bond donors (Lipinski definition) is 0. The minimum absolute atomic E-state index is 0.00412. The van der Waals surface area contributed by atoms with E-state index in [2.05, 4.69) is 9.47 Å². The maximum Gasteiger partial charge on any atom is 0.339 e. The van der Waals surface area contributed by atoms with E-state index in [0.717, 1.165) is 17.1 Å². The second-order valence-corrected chi connectivity index (χ2v) is 4.06. The number of ether oxygens (including phenoxy) is 2. The third-order valence-electron chi connectivity index (χ3n) is 2.87. The Labute approximate surface area is 119 Å². The molecule has 21 heavy (non-hydrogen) atoms. The predicted molar refractivity (Wildman–Crippen MR) is 70.8 cm³/mol. The zero-order valence-electron chi connectivity index (χ0n) is 11.3. The van der Waals surface area contributed by atoms with Gasteiger partial charge in [-0.15, -0.1) is 0 Å². The molecule has 1 aromatic carbocycles. The van der Waals surface area contributed by atoms with Gasteiger partial charge in [0.1, 0.15) is 0 Å². The van der Waals surface area contributed by atoms with Crippen molar-refractivity contribution in [2.24, 2.45) is 0 Å². The van der Waals surface area contributed by atoms with Gasteiger partial charge in [-0.3, -0.25) is 9.59 Å². The molecule has 0 spiro atoms. The van der Waals surface area contributed by atoms with Crippen LogP contribution < -0.4 is 4.90 Å². The van der Waals surface area contributed by atoms with Crippen molar-refractivity contribution < 1.29 is 28.7 Å². The normalized spacial score (nSPS) is 13.5. The van der Waals surface area contributed by atoms with Gasteiger partial charge < -0.3 is 9.47 Å². The van der Waals surface area contributed by atoms with Gasteiger partial charge in [0.05, 0.1) is 31.0 Å². The molecule has 0 bridgehead atoms. The Kier molecular flexibility index (Phi) is 3.84. The van der Waals surface area contributed by atoms with Crippen LogP contribution in [0.4, 0.5) is 5.69 Å². The monoisotopic (exact) mass is 289 g/mol. The molecule has 1 heterocycles. The average Bonchev–Trinajstić information content (AvgIpc) is 2.84. The molecule has 7 heteroatoms. The number of rotatable bonds is 3. The van der Waals surface area contributed by atoms with Crippen molar-refractivity contribution in [1.82, 2.24) is 0 Å². The molecule has 0 radical (unpaired) electrons. The number of methoxy groups -OCH3 is 2. The van der Waals surface area contributed by atoms with Crippen LogP contribution in [0.2, 0.25) is 0 Å². The van der Waals surface area contributed by atoms with Gasteiger partial charge >= 0.3 is 11.9 Å². The Bertz CT molecular complexity index is 658. The van der Waals surface area contributed by atoms with Crippen molar-refractivity contribution in [2.75, 3.05) is 19.1 Å². The van der Waals surface area contributed by atoms with E-state index in [1.165, 1.54) is 32.4 Å². The summed E-state index contributed by atoms with van der Waals surface area (Å²) in [5.74, 6) is -2.59. The van der Waals surface area contributed by atoms with E-state index in [1.807, 2.05) is 0 Å². The maximum absolute atomic E-state index is 11.7. The molecule has 0 fully saturated rings. The van der Waals surface area contributed by atoms with Gasteiger partial charge in [0.2, 0.25) is 0 Å². The van der Waals surface area contributed by atoms with Crippen LogP contribution in [0.3, 0.4) is 0 Å². The van der Waals surface area contributed by atoms with Gasteiger partial charge in [-0.2, -0.15) is 0 Å². The summed E-state index contributed by atoms with van der Waals surface area (Å²) in [5, 5.41) is 0. The molecule has 108 valence electrons. The molecule has 2 rings (SSSR count). The molecule has 1 aliphatic rings. The number of esters is 2. The Hall–Kier alpha value is -2.96. The fraction of sp³-hybridized carbons (Fsp3) is 0.143. The second kappa shape index (κ2) is 5.58. The summed E-state index contributed by atoms with van der Waals surface area (Å²) < 4.78 is 9.18. The smallest absolute Gasteiger partial charge is 0.339 e. The zero-order valence-corrected chi connectivity index (χ0v) is 11.3. The van der Waals surface area contributed by atoms with Gasteiger partial charge in [-0.1, -0.05) is 0 Å². The Morgan fingerprint density at radius 1 is 0.952 bits per heavy atom. The highest BCUT2D eigenvalue weighted by Gasteiger charge is 2.30. The minimum Gasteiger partial charge on any atom is -0.465 e. The summed E-state index contributed by atoms with van der Waals surface area (Å²) in [6.07, 6.45) is 2.16. The molecule has 7 nitrogen and oxygen atoms in total. The summed E-state index contributed by atoms with van der Waals surface area (Å²) in [5.41, 5.74) is 0.0768. The number of imide groups is 1. The predicted octanol–water partition coefficient (Wildman–Crippen LogP) is 0.689. The van der Waals surface area contributed by atoms with Gasteiger partial charge in [0.15, 0.2) is 0 Å². The first-order valence-electron chi connectivity index (χ1n) is 5.86. The first kappa shape index (κ1) is 14.4. The van der Waals surface area contributed by atoms with Gasteiger partial charge in [0, 0.05) is 12.2 Å². The first-order valence-corrected chi connectivity index (χ1v) is 5.86. The summed E-state index contributed by atoms with van der Waals surface area (Å²) >= 11 is 0. The lowest BCUT2D eigenvalue weighted by Crippen LogP contribution is -2.31. The van der Waals surface area contributed by atoms with Crippen LogP contribution in [0, 0.1) is 0 Å². The van der Waals surface area contributed by atoms with E-state index in [4.69, 9.17) is 0 Å². The minimum atomic E-state index is -0.728. The third kappa shape index (κ3) is 2.53. The van der Waals surface area contributed by atoms with E-state index in [-0.39, 0.29) is 16.8 Å². The number of amides is 2. The van der Waals surface area contributed by atoms with E-state index in [9.17, 15) is 19.2 Å². The number of hydrogen-bond acceptors (Lipinski definition) is 6. The van der Waals surface area contributed by atoms with Crippen molar-refractivity contribution in [3.05, 3.63) is 41.5 Å². The summed E-state index contributed by atoms with van der Waals surface area (Å²) in [7, 11) is 2.37. The second-order valence-electron chi connectivity index (χ2n) is 4.06. The summed E-state index contributed by atoms with van der Waals surface area (Å²) in [6.45, 7) is 0. The maximum atomic E-state index is 11.7. The molecule has 0 atom stereocenters. The molecule has 1 aliphatic heterocycles. The van der Waals surface area contributed by atoms with Crippen LogP contribution >= 0.6 is 0 Å². The lowest BCUT2D eigenvalue weighted by atomic mass is 10.1. The van der Waals surface area contributed by atoms with E-state index >= 15 is 0 Å². The Morgan fingerprint density at radius 2 is 1.52 bits per heavy atom. The van der Waals surface area contributed by atoms with Crippen LogP contribution in [-0.2, 0) is 19.1 Å². The number of anilines is 1. The van der Waals surface area contributed by atoms with Gasteiger partial charge in [-0.25, -0.2) is 14.5 Å². The number of benzene rings is 1. The molecule has 0 saturated heterocycles. The van der Waals surface area contributed by atoms with Crippen molar-refractivity contribution in [2.45, 2.75) is 0 Å². The topological polar surface area (TPSA) is 90.0 Å². The van der Waals surface area contributed by atoms with Crippen LogP contribution in [0.5, 0.6) is 0 Å². The SMILES string of the molecule is COC(=O)c1ccc(C(=O)OC)c(N2C(=O)C=CC2=O)c1. The van der Waals surface area contributed by atoms with Crippen molar-refractivity contribution in [1.29, 1.82) is 0 Å². The van der Waals surface area contributed by atoms with Crippen LogP contribution in [0.1, 0.15) is 20.7 Å². The first-order chi connectivity index (χ1) is 9.99. The molecule has 1 aromatic rings. The molecule has 0 saturated carbocycles. The standard InChI is InChI=1S/C14H11NO6/c1-20-13(18)8-3-4-9(14(19)21-2)10(7-8)15-11(16)5-6-12(15)17/h3-7H,1-2H3. The van der Waals surface area contributed by atoms with Crippen molar-refractivity contribution in [3.8, 4) is 0 Å². The molecular weight excluding hydrogens is 278 g/mol. The lowest BCUT2D eigenvalue weighted by Gasteiger charge is -2.17. The van der Waals surface area contributed by atoms with Crippen molar-refractivity contribution in [3.63, 3.8) is 0 Å². The van der Waals surface area contributed by atoms with Gasteiger partial charge in [0.25, 0.3) is 11.8 Å². The highest BCUT2D eigenvalue weighted by atomic mass is 16.5. The van der Waals surface area contributed by atoms with E-state index < -0.39 is 23.8 Å². The number of nitrogens with zero attached hydrogens (tertiary/aromatic N) is 1. The largest absolute Gasteiger partial charge is 0.465 e. The molecule has 2 amide bonds. The highest BCUT2D eigenvalue weighted by Crippen LogP contribution is 2.26. The Balaban J connectivity index is 2.59. The molecule has 0 N–H and O–H groups in total. The molecular formula is C14H11NO6. The lowest BCUT2D eigenvalue weighted by molar-refractivity contribution is -0.119. The van der Waals surface area contributed by atoms with Crippen LogP contribution in [-0.4, -0.2) is 38.0 Å². The Morgan fingerprint density at radius 3 is 2.05 bits per heavy atom. The van der Waals surface area contributed by atoms with E-state index in [1.54, 1.807) is 0 Å². The third-order valence-corrected chi connectivity index (χ3v) is 2.87. The summed E-state index contributed by atoms with van der Waals surface area (Å²) in [4.78, 5) is 47.6. The quantitative estimate of drug-likeness (QED) is 0.600. The number of carbonyl (C=O) groups is 4. The molecule has 0 unspecified atom stereocenters. The number of carbonyl (C=O) groups excluding carboxylic acids is 4. The van der Waals surface area contributed by atoms with Gasteiger partial charge in [-0.05, 0) is 18.2 Å². The van der Waals surface area contributed by atoms with Crippen molar-refractivity contribution >= 4 is 29.4 Å². The van der Waals surface area contributed by atoms with Crippen LogP contribution in [0.25, 0.3) is 0 Å². The van der Waals surface area contributed by atoms with E-state index in [0.29, 0.717) is 0 Å². The van der Waals surface area contributed by atoms with Crippen LogP contribution in [0.15, 0.2) is 30.4 Å².